The Kier molecular flexibility index (Phi) is 5.65. The van der Waals surface area contributed by atoms with E-state index in [4.69, 9.17) is 0 Å². The van der Waals surface area contributed by atoms with Crippen LogP contribution in [-0.2, 0) is 5.41 Å². The largest absolute Gasteiger partial charge is 0.361 e. The summed E-state index contributed by atoms with van der Waals surface area (Å²) >= 11 is 0. The summed E-state index contributed by atoms with van der Waals surface area (Å²) in [5.41, 5.74) is 10.2. The van der Waals surface area contributed by atoms with Crippen LogP contribution in [0.1, 0.15) is 29.2 Å². The van der Waals surface area contributed by atoms with Crippen LogP contribution in [0.15, 0.2) is 134 Å². The Morgan fingerprint density at radius 2 is 1.70 bits per heavy atom. The molecule has 0 radical (unpaired) electrons. The lowest BCUT2D eigenvalue weighted by Gasteiger charge is -2.34. The van der Waals surface area contributed by atoms with Gasteiger partial charge in [0.15, 0.2) is 0 Å². The van der Waals surface area contributed by atoms with Gasteiger partial charge in [0.05, 0.1) is 6.04 Å². The summed E-state index contributed by atoms with van der Waals surface area (Å²) in [4.78, 5) is 2.48. The third-order valence-electron chi connectivity index (χ3n) is 7.73. The molecule has 2 heteroatoms. The first kappa shape index (κ1) is 22.9. The molecule has 37 heavy (non-hydrogen) atoms. The van der Waals surface area contributed by atoms with Crippen molar-refractivity contribution in [2.24, 2.45) is 0 Å². The minimum absolute atomic E-state index is 0.0635. The minimum Gasteiger partial charge on any atom is -0.361 e. The Labute approximate surface area is 219 Å². The van der Waals surface area contributed by atoms with Crippen LogP contribution in [0, 0.1) is 0 Å². The van der Waals surface area contributed by atoms with E-state index in [1.807, 2.05) is 24.4 Å². The van der Waals surface area contributed by atoms with E-state index in [0.29, 0.717) is 0 Å². The average molecular weight is 479 g/mol. The van der Waals surface area contributed by atoms with Crippen molar-refractivity contribution in [3.63, 3.8) is 0 Å². The van der Waals surface area contributed by atoms with E-state index >= 15 is 0 Å². The summed E-state index contributed by atoms with van der Waals surface area (Å²) in [7, 11) is 0. The molecular formula is C35H30N2. The summed E-state index contributed by atoms with van der Waals surface area (Å²) in [5.74, 6) is 0. The van der Waals surface area contributed by atoms with Crippen molar-refractivity contribution in [1.82, 2.24) is 0 Å². The SMILES string of the molecule is C=CC1=C(\C=C)c2ccccc2N/C=C/c2ccc(N3c4ccccc4C4(C)C=CC=CC34)cc2/C=C\1. The number of nitrogens with one attached hydrogen (secondary N) is 1. The van der Waals surface area contributed by atoms with Crippen molar-refractivity contribution < 1.29 is 0 Å². The lowest BCUT2D eigenvalue weighted by molar-refractivity contribution is 0.550. The summed E-state index contributed by atoms with van der Waals surface area (Å²) in [6.07, 6.45) is 21.3. The fraction of sp³-hybridized carbons (Fsp3) is 0.0857. The highest BCUT2D eigenvalue weighted by Gasteiger charge is 2.46. The maximum Gasteiger partial charge on any atom is 0.0655 e. The lowest BCUT2D eigenvalue weighted by Crippen LogP contribution is -2.39. The minimum atomic E-state index is -0.0635. The van der Waals surface area contributed by atoms with Gasteiger partial charge < -0.3 is 10.2 Å². The fourth-order valence-electron chi connectivity index (χ4n) is 5.82. The van der Waals surface area contributed by atoms with Gasteiger partial charge in [0.25, 0.3) is 0 Å². The summed E-state index contributed by atoms with van der Waals surface area (Å²) in [6, 6.07) is 24.0. The molecule has 0 aromatic heterocycles. The van der Waals surface area contributed by atoms with Gasteiger partial charge in [-0.1, -0.05) is 104 Å². The van der Waals surface area contributed by atoms with E-state index in [9.17, 15) is 0 Å². The van der Waals surface area contributed by atoms with E-state index in [1.54, 1.807) is 0 Å². The molecular weight excluding hydrogens is 448 g/mol. The van der Waals surface area contributed by atoms with E-state index in [-0.39, 0.29) is 11.5 Å². The topological polar surface area (TPSA) is 15.3 Å². The Morgan fingerprint density at radius 3 is 2.57 bits per heavy atom. The highest BCUT2D eigenvalue weighted by molar-refractivity contribution is 5.88. The average Bonchev–Trinajstić information content (AvgIpc) is 3.19. The van der Waals surface area contributed by atoms with Gasteiger partial charge in [-0.25, -0.2) is 0 Å². The molecule has 1 aliphatic carbocycles. The first-order chi connectivity index (χ1) is 18.1. The molecule has 2 unspecified atom stereocenters. The molecule has 0 saturated carbocycles. The van der Waals surface area contributed by atoms with Gasteiger partial charge in [0.1, 0.15) is 0 Å². The molecule has 6 rings (SSSR count). The number of fused-ring (bicyclic) bond motifs is 5. The zero-order valence-corrected chi connectivity index (χ0v) is 21.1. The summed E-state index contributed by atoms with van der Waals surface area (Å²) < 4.78 is 0. The Morgan fingerprint density at radius 1 is 0.865 bits per heavy atom. The number of rotatable bonds is 3. The molecule has 2 nitrogen and oxygen atoms in total. The molecule has 3 aromatic carbocycles. The zero-order chi connectivity index (χ0) is 25.4. The van der Waals surface area contributed by atoms with Crippen molar-refractivity contribution in [1.29, 1.82) is 0 Å². The molecule has 2 aliphatic heterocycles. The fourth-order valence-corrected chi connectivity index (χ4v) is 5.82. The molecule has 0 bridgehead atoms. The predicted octanol–water partition coefficient (Wildman–Crippen LogP) is 8.83. The number of anilines is 3. The highest BCUT2D eigenvalue weighted by atomic mass is 15.2. The third kappa shape index (κ3) is 3.73. The van der Waals surface area contributed by atoms with Gasteiger partial charge in [-0.05, 0) is 65.1 Å². The number of para-hydroxylation sites is 2. The van der Waals surface area contributed by atoms with Crippen LogP contribution in [0.25, 0.3) is 17.7 Å². The Balaban J connectivity index is 1.50. The highest BCUT2D eigenvalue weighted by Crippen LogP contribution is 2.51. The number of benzene rings is 3. The quantitative estimate of drug-likeness (QED) is 0.404. The monoisotopic (exact) mass is 478 g/mol. The van der Waals surface area contributed by atoms with Gasteiger partial charge >= 0.3 is 0 Å². The second-order valence-corrected chi connectivity index (χ2v) is 9.81. The van der Waals surface area contributed by atoms with Crippen molar-refractivity contribution in [2.75, 3.05) is 10.2 Å². The van der Waals surface area contributed by atoms with E-state index in [2.05, 4.69) is 133 Å². The van der Waals surface area contributed by atoms with Gasteiger partial charge in [-0.15, -0.1) is 0 Å². The van der Waals surface area contributed by atoms with Gasteiger partial charge in [-0.2, -0.15) is 0 Å². The van der Waals surface area contributed by atoms with Crippen LogP contribution < -0.4 is 10.2 Å². The van der Waals surface area contributed by atoms with Crippen molar-refractivity contribution >= 4 is 34.8 Å². The summed E-state index contributed by atoms with van der Waals surface area (Å²) in [5, 5.41) is 3.48. The van der Waals surface area contributed by atoms with E-state index in [0.717, 1.165) is 33.5 Å². The molecule has 0 spiro atoms. The van der Waals surface area contributed by atoms with Crippen molar-refractivity contribution in [3.8, 4) is 0 Å². The van der Waals surface area contributed by atoms with Crippen LogP contribution in [-0.4, -0.2) is 6.04 Å². The number of hydrogen-bond donors (Lipinski definition) is 1. The molecule has 2 atom stereocenters. The van der Waals surface area contributed by atoms with Crippen LogP contribution in [0.5, 0.6) is 0 Å². The Bertz CT molecular complexity index is 1560. The second kappa shape index (κ2) is 9.15. The maximum absolute atomic E-state index is 4.10. The molecule has 3 aromatic rings. The van der Waals surface area contributed by atoms with E-state index in [1.165, 1.54) is 16.9 Å². The standard InChI is InChI=1S/C35H30N2/c1-4-25-17-18-27-24-28(37-33-15-9-7-13-31(33)35(3)22-11-10-16-34(35)37)20-19-26(27)21-23-36-32-14-8-6-12-30(32)29(25)5-2/h4-24,34,36H,1-2H2,3H3/b18-17-,23-21+,29-25-. The van der Waals surface area contributed by atoms with Crippen molar-refractivity contribution in [2.45, 2.75) is 18.4 Å². The van der Waals surface area contributed by atoms with Gasteiger partial charge in [0, 0.05) is 34.2 Å². The first-order valence-corrected chi connectivity index (χ1v) is 12.7. The molecule has 180 valence electrons. The summed E-state index contributed by atoms with van der Waals surface area (Å²) in [6.45, 7) is 10.5. The Hall–Kier alpha value is -4.56. The van der Waals surface area contributed by atoms with Gasteiger partial charge in [0.2, 0.25) is 0 Å². The normalized spacial score (nSPS) is 25.0. The second-order valence-electron chi connectivity index (χ2n) is 9.81. The smallest absolute Gasteiger partial charge is 0.0655 e. The van der Waals surface area contributed by atoms with Crippen LogP contribution in [0.4, 0.5) is 17.1 Å². The molecule has 0 fully saturated rings. The molecule has 3 aliphatic rings. The van der Waals surface area contributed by atoms with Crippen molar-refractivity contribution in [3.05, 3.63) is 156 Å². The van der Waals surface area contributed by atoms with E-state index < -0.39 is 0 Å². The molecule has 0 amide bonds. The molecule has 2 heterocycles. The maximum atomic E-state index is 4.10. The number of nitrogens with zero attached hydrogens (tertiary/aromatic N) is 1. The lowest BCUT2D eigenvalue weighted by atomic mass is 9.76. The van der Waals surface area contributed by atoms with Crippen LogP contribution >= 0.6 is 0 Å². The number of allylic oxidation sites excluding steroid dienone is 7. The predicted molar refractivity (Wildman–Crippen MR) is 160 cm³/mol. The van der Waals surface area contributed by atoms with Crippen LogP contribution in [0.2, 0.25) is 0 Å². The first-order valence-electron chi connectivity index (χ1n) is 12.7. The zero-order valence-electron chi connectivity index (χ0n) is 21.1. The molecule has 0 saturated heterocycles. The number of hydrogen-bond acceptors (Lipinski definition) is 2. The third-order valence-corrected chi connectivity index (χ3v) is 7.73. The van der Waals surface area contributed by atoms with Crippen LogP contribution in [0.3, 0.4) is 0 Å². The van der Waals surface area contributed by atoms with Gasteiger partial charge in [-0.3, -0.25) is 0 Å². The molecule has 1 N–H and O–H groups in total.